The molecule has 6 heteroatoms. The van der Waals surface area contributed by atoms with Crippen LogP contribution in [-0.2, 0) is 4.79 Å². The zero-order chi connectivity index (χ0) is 12.7. The van der Waals surface area contributed by atoms with E-state index in [2.05, 4.69) is 5.32 Å². The van der Waals surface area contributed by atoms with E-state index in [1.807, 2.05) is 13.8 Å². The molecule has 0 saturated carbocycles. The molecule has 4 nitrogen and oxygen atoms in total. The Labute approximate surface area is 109 Å². The highest BCUT2D eigenvalue weighted by molar-refractivity contribution is 6.41. The van der Waals surface area contributed by atoms with Crippen LogP contribution in [0.3, 0.4) is 0 Å². The number of carbonyl (C=O) groups is 1. The zero-order valence-electron chi connectivity index (χ0n) is 9.38. The van der Waals surface area contributed by atoms with Gasteiger partial charge >= 0.3 is 0 Å². The summed E-state index contributed by atoms with van der Waals surface area (Å²) < 4.78 is 5.59. The van der Waals surface area contributed by atoms with Crippen molar-refractivity contribution < 1.29 is 9.53 Å². The highest BCUT2D eigenvalue weighted by Gasteiger charge is 2.32. The number of amides is 1. The van der Waals surface area contributed by atoms with Crippen LogP contribution in [0, 0.1) is 5.92 Å². The maximum atomic E-state index is 11.8. The van der Waals surface area contributed by atoms with E-state index in [1.54, 1.807) is 6.07 Å². The average Bonchev–Trinajstić information content (AvgIpc) is 2.26. The fraction of sp³-hybridized carbons (Fsp3) is 0.364. The lowest BCUT2D eigenvalue weighted by Gasteiger charge is -2.29. The Hall–Kier alpha value is -1.13. The molecule has 0 bridgehead atoms. The molecule has 2 rings (SSSR count). The number of hydrogen-bond donors (Lipinski definition) is 2. The Morgan fingerprint density at radius 2 is 2.12 bits per heavy atom. The molecule has 1 aliphatic heterocycles. The highest BCUT2D eigenvalue weighted by atomic mass is 35.5. The lowest BCUT2D eigenvalue weighted by Crippen LogP contribution is -2.40. The van der Waals surface area contributed by atoms with Crippen LogP contribution in [0.15, 0.2) is 6.07 Å². The first-order chi connectivity index (χ1) is 7.91. The molecule has 0 saturated heterocycles. The first-order valence-corrected chi connectivity index (χ1v) is 5.92. The van der Waals surface area contributed by atoms with Crippen molar-refractivity contribution in [3.8, 4) is 5.75 Å². The minimum atomic E-state index is -0.543. The number of halogens is 2. The first kappa shape index (κ1) is 12.3. The fourth-order valence-corrected chi connectivity index (χ4v) is 2.13. The minimum absolute atomic E-state index is 0.0539. The summed E-state index contributed by atoms with van der Waals surface area (Å²) in [4.78, 5) is 11.8. The number of nitrogens with one attached hydrogen (secondary N) is 1. The summed E-state index contributed by atoms with van der Waals surface area (Å²) in [5, 5.41) is 3.22. The minimum Gasteiger partial charge on any atom is -0.478 e. The smallest absolute Gasteiger partial charge is 0.265 e. The summed E-state index contributed by atoms with van der Waals surface area (Å²) in [6.45, 7) is 3.80. The zero-order valence-corrected chi connectivity index (χ0v) is 10.9. The molecular formula is C11H12Cl2N2O2. The van der Waals surface area contributed by atoms with E-state index < -0.39 is 6.10 Å². The lowest BCUT2D eigenvalue weighted by molar-refractivity contribution is -0.125. The predicted molar refractivity (Wildman–Crippen MR) is 68.8 cm³/mol. The van der Waals surface area contributed by atoms with Crippen molar-refractivity contribution in [1.29, 1.82) is 0 Å². The summed E-state index contributed by atoms with van der Waals surface area (Å²) in [6.07, 6.45) is -0.543. The topological polar surface area (TPSA) is 64.3 Å². The van der Waals surface area contributed by atoms with Gasteiger partial charge in [0.2, 0.25) is 0 Å². The Balaban J connectivity index is 2.49. The summed E-state index contributed by atoms with van der Waals surface area (Å²) in [5.41, 5.74) is 6.29. The number of nitrogen functional groups attached to an aromatic ring is 1. The standard InChI is InChI=1S/C11H12Cl2N2O2/c1-4(2)10-11(16)15-9-6(17-10)3-5(12)8(14)7(9)13/h3-4,10H,14H2,1-2H3,(H,15,16). The summed E-state index contributed by atoms with van der Waals surface area (Å²) in [6, 6.07) is 1.56. The molecule has 0 aromatic heterocycles. The van der Waals surface area contributed by atoms with Crippen LogP contribution < -0.4 is 15.8 Å². The van der Waals surface area contributed by atoms with Gasteiger partial charge in [0.25, 0.3) is 5.91 Å². The Morgan fingerprint density at radius 3 is 2.71 bits per heavy atom. The third-order valence-corrected chi connectivity index (χ3v) is 3.29. The maximum Gasteiger partial charge on any atom is 0.265 e. The second-order valence-corrected chi connectivity index (χ2v) is 5.02. The van der Waals surface area contributed by atoms with Crippen LogP contribution in [-0.4, -0.2) is 12.0 Å². The third kappa shape index (κ3) is 2.03. The van der Waals surface area contributed by atoms with E-state index in [0.717, 1.165) is 0 Å². The molecule has 1 aromatic rings. The van der Waals surface area contributed by atoms with Gasteiger partial charge in [0.05, 0.1) is 15.7 Å². The Bertz CT molecular complexity index is 489. The third-order valence-electron chi connectivity index (χ3n) is 2.58. The largest absolute Gasteiger partial charge is 0.478 e. The van der Waals surface area contributed by atoms with E-state index in [9.17, 15) is 4.79 Å². The Kier molecular flexibility index (Phi) is 3.10. The van der Waals surface area contributed by atoms with E-state index in [0.29, 0.717) is 16.5 Å². The van der Waals surface area contributed by atoms with Gasteiger partial charge in [-0.1, -0.05) is 37.0 Å². The number of ether oxygens (including phenoxy) is 1. The molecule has 17 heavy (non-hydrogen) atoms. The van der Waals surface area contributed by atoms with Crippen molar-refractivity contribution in [3.05, 3.63) is 16.1 Å². The summed E-state index contributed by atoms with van der Waals surface area (Å²) >= 11 is 11.9. The number of rotatable bonds is 1. The summed E-state index contributed by atoms with van der Waals surface area (Å²) in [5.74, 6) is 0.280. The highest BCUT2D eigenvalue weighted by Crippen LogP contribution is 2.44. The summed E-state index contributed by atoms with van der Waals surface area (Å²) in [7, 11) is 0. The molecule has 1 amide bonds. The number of fused-ring (bicyclic) bond motifs is 1. The number of hydrogen-bond acceptors (Lipinski definition) is 3. The number of nitrogens with two attached hydrogens (primary N) is 1. The van der Waals surface area contributed by atoms with Gasteiger partial charge in [-0.25, -0.2) is 0 Å². The van der Waals surface area contributed by atoms with E-state index in [1.165, 1.54) is 0 Å². The van der Waals surface area contributed by atoms with Gasteiger partial charge in [0, 0.05) is 6.07 Å². The molecular weight excluding hydrogens is 263 g/mol. The molecule has 0 fully saturated rings. The van der Waals surface area contributed by atoms with Gasteiger partial charge in [-0.05, 0) is 5.92 Å². The molecule has 1 aliphatic rings. The second-order valence-electron chi connectivity index (χ2n) is 4.23. The van der Waals surface area contributed by atoms with Gasteiger partial charge in [0.15, 0.2) is 6.10 Å². The van der Waals surface area contributed by atoms with Crippen LogP contribution in [0.2, 0.25) is 10.0 Å². The first-order valence-electron chi connectivity index (χ1n) is 5.16. The van der Waals surface area contributed by atoms with Crippen LogP contribution in [0.4, 0.5) is 11.4 Å². The van der Waals surface area contributed by atoms with Crippen LogP contribution >= 0.6 is 23.2 Å². The van der Waals surface area contributed by atoms with E-state index >= 15 is 0 Å². The molecule has 0 aliphatic carbocycles. The quantitative estimate of drug-likeness (QED) is 0.774. The van der Waals surface area contributed by atoms with Crippen molar-refractivity contribution in [1.82, 2.24) is 0 Å². The van der Waals surface area contributed by atoms with Gasteiger partial charge in [0.1, 0.15) is 11.4 Å². The van der Waals surface area contributed by atoms with Crippen molar-refractivity contribution in [2.45, 2.75) is 20.0 Å². The van der Waals surface area contributed by atoms with Crippen LogP contribution in [0.1, 0.15) is 13.8 Å². The maximum absolute atomic E-state index is 11.8. The molecule has 92 valence electrons. The predicted octanol–water partition coefficient (Wildman–Crippen LogP) is 2.93. The van der Waals surface area contributed by atoms with Gasteiger partial charge in [-0.2, -0.15) is 0 Å². The lowest BCUT2D eigenvalue weighted by atomic mass is 10.0. The van der Waals surface area contributed by atoms with Crippen molar-refractivity contribution in [2.24, 2.45) is 5.92 Å². The van der Waals surface area contributed by atoms with Crippen LogP contribution in [0.5, 0.6) is 5.75 Å². The van der Waals surface area contributed by atoms with E-state index in [4.69, 9.17) is 33.7 Å². The number of carbonyl (C=O) groups excluding carboxylic acids is 1. The van der Waals surface area contributed by atoms with Gasteiger partial charge < -0.3 is 15.8 Å². The molecule has 1 atom stereocenters. The molecule has 1 heterocycles. The van der Waals surface area contributed by atoms with Crippen molar-refractivity contribution in [2.75, 3.05) is 11.1 Å². The molecule has 0 radical (unpaired) electrons. The van der Waals surface area contributed by atoms with Crippen molar-refractivity contribution >= 4 is 40.5 Å². The number of anilines is 2. The molecule has 1 unspecified atom stereocenters. The SMILES string of the molecule is CC(C)C1Oc2cc(Cl)c(N)c(Cl)c2NC1=O. The molecule has 1 aromatic carbocycles. The monoisotopic (exact) mass is 274 g/mol. The average molecular weight is 275 g/mol. The van der Waals surface area contributed by atoms with Crippen LogP contribution in [0.25, 0.3) is 0 Å². The fourth-order valence-electron chi connectivity index (χ4n) is 1.65. The Morgan fingerprint density at radius 1 is 1.47 bits per heavy atom. The normalized spacial score (nSPS) is 18.6. The van der Waals surface area contributed by atoms with Crippen molar-refractivity contribution in [3.63, 3.8) is 0 Å². The molecule has 3 N–H and O–H groups in total. The number of benzene rings is 1. The van der Waals surface area contributed by atoms with Gasteiger partial charge in [-0.15, -0.1) is 0 Å². The van der Waals surface area contributed by atoms with Gasteiger partial charge in [-0.3, -0.25) is 4.79 Å². The van der Waals surface area contributed by atoms with E-state index in [-0.39, 0.29) is 22.5 Å². The molecule has 0 spiro atoms. The second kappa shape index (κ2) is 4.27.